The molecule has 3 nitrogen and oxygen atoms in total. The molecule has 1 amide bonds. The molecule has 0 aromatic carbocycles. The molecule has 1 aliphatic heterocycles. The molecule has 17 heavy (non-hydrogen) atoms. The molecule has 0 radical (unpaired) electrons. The fourth-order valence-electron chi connectivity index (χ4n) is 2.24. The van der Waals surface area contributed by atoms with Gasteiger partial charge in [-0.1, -0.05) is 6.07 Å². The van der Waals surface area contributed by atoms with Crippen LogP contribution in [-0.2, 0) is 11.3 Å². The molecule has 4 heteroatoms. The normalized spacial score (nSPS) is 19.5. The molecule has 1 aliphatic rings. The first-order valence-corrected chi connectivity index (χ1v) is 7.21. The van der Waals surface area contributed by atoms with E-state index in [-0.39, 0.29) is 5.91 Å². The van der Waals surface area contributed by atoms with Crippen LogP contribution in [0.4, 0.5) is 0 Å². The first-order valence-electron chi connectivity index (χ1n) is 6.33. The van der Waals surface area contributed by atoms with Crippen molar-refractivity contribution in [3.63, 3.8) is 0 Å². The van der Waals surface area contributed by atoms with E-state index in [0.717, 1.165) is 26.1 Å². The van der Waals surface area contributed by atoms with E-state index >= 15 is 0 Å². The molecule has 1 fully saturated rings. The van der Waals surface area contributed by atoms with E-state index in [1.807, 2.05) is 17.9 Å². The van der Waals surface area contributed by atoms with Gasteiger partial charge in [0.25, 0.3) is 0 Å². The Kier molecular flexibility index (Phi) is 4.57. The molecular formula is C13H20N2OS. The lowest BCUT2D eigenvalue weighted by Gasteiger charge is -2.22. The van der Waals surface area contributed by atoms with Gasteiger partial charge in [0, 0.05) is 23.9 Å². The third-order valence-corrected chi connectivity index (χ3v) is 4.11. The largest absolute Gasteiger partial charge is 0.338 e. The lowest BCUT2D eigenvalue weighted by molar-refractivity contribution is -0.132. The molecule has 0 saturated carbocycles. The van der Waals surface area contributed by atoms with Crippen LogP contribution in [0.1, 0.15) is 31.1 Å². The SMILES string of the molecule is CCN(Cc1cccs1)C(=O)CC1CCCN1. The highest BCUT2D eigenvalue weighted by Crippen LogP contribution is 2.15. The van der Waals surface area contributed by atoms with Crippen molar-refractivity contribution in [3.05, 3.63) is 22.4 Å². The van der Waals surface area contributed by atoms with Crippen molar-refractivity contribution in [1.29, 1.82) is 0 Å². The van der Waals surface area contributed by atoms with Gasteiger partial charge in [0.1, 0.15) is 0 Å². The summed E-state index contributed by atoms with van der Waals surface area (Å²) in [6, 6.07) is 4.53. The molecule has 0 bridgehead atoms. The summed E-state index contributed by atoms with van der Waals surface area (Å²) in [5.41, 5.74) is 0. The first-order chi connectivity index (χ1) is 8.29. The van der Waals surface area contributed by atoms with Crippen molar-refractivity contribution in [2.75, 3.05) is 13.1 Å². The summed E-state index contributed by atoms with van der Waals surface area (Å²) in [5, 5.41) is 5.44. The number of carbonyl (C=O) groups excluding carboxylic acids is 1. The highest BCUT2D eigenvalue weighted by atomic mass is 32.1. The Hall–Kier alpha value is -0.870. The number of nitrogens with one attached hydrogen (secondary N) is 1. The zero-order chi connectivity index (χ0) is 12.1. The lowest BCUT2D eigenvalue weighted by Crippen LogP contribution is -2.35. The number of nitrogens with zero attached hydrogens (tertiary/aromatic N) is 1. The summed E-state index contributed by atoms with van der Waals surface area (Å²) >= 11 is 1.72. The molecule has 94 valence electrons. The predicted molar refractivity (Wildman–Crippen MR) is 71.1 cm³/mol. The topological polar surface area (TPSA) is 32.3 Å². The van der Waals surface area contributed by atoms with E-state index < -0.39 is 0 Å². The fourth-order valence-corrected chi connectivity index (χ4v) is 2.96. The molecule has 1 aromatic heterocycles. The van der Waals surface area contributed by atoms with Gasteiger partial charge >= 0.3 is 0 Å². The third kappa shape index (κ3) is 3.54. The van der Waals surface area contributed by atoms with Gasteiger partial charge in [-0.3, -0.25) is 4.79 Å². The lowest BCUT2D eigenvalue weighted by atomic mass is 10.1. The number of carbonyl (C=O) groups is 1. The monoisotopic (exact) mass is 252 g/mol. The first kappa shape index (κ1) is 12.6. The van der Waals surface area contributed by atoms with Crippen molar-refractivity contribution in [2.24, 2.45) is 0 Å². The number of hydrogen-bond donors (Lipinski definition) is 1. The maximum Gasteiger partial charge on any atom is 0.224 e. The van der Waals surface area contributed by atoms with Crippen LogP contribution < -0.4 is 5.32 Å². The summed E-state index contributed by atoms with van der Waals surface area (Å²) in [6.45, 7) is 4.67. The van der Waals surface area contributed by atoms with Crippen molar-refractivity contribution in [3.8, 4) is 0 Å². The van der Waals surface area contributed by atoms with Gasteiger partial charge in [-0.15, -0.1) is 11.3 Å². The molecule has 0 aliphatic carbocycles. The Labute approximate surface area is 107 Å². The molecule has 1 atom stereocenters. The molecule has 1 aromatic rings. The summed E-state index contributed by atoms with van der Waals surface area (Å²) in [7, 11) is 0. The standard InChI is InChI=1S/C13H20N2OS/c1-2-15(10-12-6-4-8-17-12)13(16)9-11-5-3-7-14-11/h4,6,8,11,14H,2-3,5,7,9-10H2,1H3. The Bertz CT molecular complexity index is 344. The second-order valence-corrected chi connectivity index (χ2v) is 5.52. The quantitative estimate of drug-likeness (QED) is 0.871. The smallest absolute Gasteiger partial charge is 0.224 e. The summed E-state index contributed by atoms with van der Waals surface area (Å²) in [5.74, 6) is 0.278. The second kappa shape index (κ2) is 6.17. The van der Waals surface area contributed by atoms with Crippen molar-refractivity contribution in [2.45, 2.75) is 38.8 Å². The minimum Gasteiger partial charge on any atom is -0.338 e. The highest BCUT2D eigenvalue weighted by molar-refractivity contribution is 7.09. The zero-order valence-corrected chi connectivity index (χ0v) is 11.1. The van der Waals surface area contributed by atoms with Crippen LogP contribution in [0.5, 0.6) is 0 Å². The van der Waals surface area contributed by atoms with E-state index in [1.165, 1.54) is 11.3 Å². The van der Waals surface area contributed by atoms with Crippen LogP contribution in [0.3, 0.4) is 0 Å². The molecule has 2 rings (SSSR count). The van der Waals surface area contributed by atoms with Crippen LogP contribution >= 0.6 is 11.3 Å². The fraction of sp³-hybridized carbons (Fsp3) is 0.615. The van der Waals surface area contributed by atoms with Gasteiger partial charge in [-0.2, -0.15) is 0 Å². The Morgan fingerprint density at radius 1 is 1.65 bits per heavy atom. The summed E-state index contributed by atoms with van der Waals surface area (Å²) in [6.07, 6.45) is 3.00. The summed E-state index contributed by atoms with van der Waals surface area (Å²) < 4.78 is 0. The van der Waals surface area contributed by atoms with Gasteiger partial charge in [0.05, 0.1) is 6.54 Å². The maximum absolute atomic E-state index is 12.1. The van der Waals surface area contributed by atoms with Crippen LogP contribution in [0.2, 0.25) is 0 Å². The molecule has 1 saturated heterocycles. The van der Waals surface area contributed by atoms with Crippen molar-refractivity contribution >= 4 is 17.2 Å². The van der Waals surface area contributed by atoms with Crippen LogP contribution in [0, 0.1) is 0 Å². The second-order valence-electron chi connectivity index (χ2n) is 4.48. The van der Waals surface area contributed by atoms with E-state index in [9.17, 15) is 4.79 Å². The van der Waals surface area contributed by atoms with E-state index in [4.69, 9.17) is 0 Å². The number of amides is 1. The molecule has 0 spiro atoms. The Balaban J connectivity index is 1.86. The van der Waals surface area contributed by atoms with Crippen molar-refractivity contribution < 1.29 is 4.79 Å². The summed E-state index contributed by atoms with van der Waals surface area (Å²) in [4.78, 5) is 15.4. The van der Waals surface area contributed by atoms with Crippen LogP contribution in [-0.4, -0.2) is 29.9 Å². The highest BCUT2D eigenvalue weighted by Gasteiger charge is 2.21. The van der Waals surface area contributed by atoms with Gasteiger partial charge in [0.15, 0.2) is 0 Å². The molecule has 1 N–H and O–H groups in total. The van der Waals surface area contributed by atoms with E-state index in [1.54, 1.807) is 11.3 Å². The zero-order valence-electron chi connectivity index (χ0n) is 10.3. The number of thiophene rings is 1. The minimum absolute atomic E-state index is 0.278. The van der Waals surface area contributed by atoms with Crippen LogP contribution in [0.25, 0.3) is 0 Å². The van der Waals surface area contributed by atoms with E-state index in [2.05, 4.69) is 16.8 Å². The third-order valence-electron chi connectivity index (χ3n) is 3.24. The van der Waals surface area contributed by atoms with E-state index in [0.29, 0.717) is 12.5 Å². The van der Waals surface area contributed by atoms with Crippen molar-refractivity contribution in [1.82, 2.24) is 10.2 Å². The van der Waals surface area contributed by atoms with Crippen LogP contribution in [0.15, 0.2) is 17.5 Å². The van der Waals surface area contributed by atoms with Gasteiger partial charge in [0.2, 0.25) is 5.91 Å². The number of rotatable bonds is 5. The molecular weight excluding hydrogens is 232 g/mol. The van der Waals surface area contributed by atoms with Gasteiger partial charge < -0.3 is 10.2 Å². The average molecular weight is 252 g/mol. The Morgan fingerprint density at radius 2 is 2.53 bits per heavy atom. The molecule has 2 heterocycles. The Morgan fingerprint density at radius 3 is 3.12 bits per heavy atom. The van der Waals surface area contributed by atoms with Gasteiger partial charge in [-0.05, 0) is 37.8 Å². The average Bonchev–Trinajstić information content (AvgIpc) is 2.97. The minimum atomic E-state index is 0.278. The maximum atomic E-state index is 12.1. The predicted octanol–water partition coefficient (Wildman–Crippen LogP) is 2.24. The number of hydrogen-bond acceptors (Lipinski definition) is 3. The van der Waals surface area contributed by atoms with Gasteiger partial charge in [-0.25, -0.2) is 0 Å². The molecule has 1 unspecified atom stereocenters.